The van der Waals surface area contributed by atoms with Gasteiger partial charge in [0.1, 0.15) is 0 Å². The lowest BCUT2D eigenvalue weighted by atomic mass is 9.92. The van der Waals surface area contributed by atoms with Gasteiger partial charge >= 0.3 is 0 Å². The van der Waals surface area contributed by atoms with Crippen LogP contribution in [0.2, 0.25) is 0 Å². The minimum atomic E-state index is -0.106. The maximum Gasteiger partial charge on any atom is 0.0693 e. The summed E-state index contributed by atoms with van der Waals surface area (Å²) in [6.45, 7) is 5.74. The predicted molar refractivity (Wildman–Crippen MR) is 66.5 cm³/mol. The van der Waals surface area contributed by atoms with E-state index in [4.69, 9.17) is 0 Å². The molecule has 3 heteroatoms. The van der Waals surface area contributed by atoms with E-state index in [1.54, 1.807) is 0 Å². The molecule has 1 unspecified atom stereocenters. The average molecular weight is 226 g/mol. The van der Waals surface area contributed by atoms with E-state index < -0.39 is 0 Å². The molecule has 3 nitrogen and oxygen atoms in total. The first kappa shape index (κ1) is 12.3. The minimum Gasteiger partial charge on any atom is -0.392 e. The van der Waals surface area contributed by atoms with Gasteiger partial charge in [-0.15, -0.1) is 0 Å². The van der Waals surface area contributed by atoms with Crippen molar-refractivity contribution in [3.05, 3.63) is 0 Å². The molecular weight excluding hydrogens is 200 g/mol. The highest BCUT2D eigenvalue weighted by molar-refractivity contribution is 4.85. The number of likely N-dealkylation sites (N-methyl/N-ethyl adjacent to an activating group) is 1. The number of rotatable bonds is 4. The quantitative estimate of drug-likeness (QED) is 0.760. The summed E-state index contributed by atoms with van der Waals surface area (Å²) in [6.07, 6.45) is 7.17. The summed E-state index contributed by atoms with van der Waals surface area (Å²) >= 11 is 0. The van der Waals surface area contributed by atoms with Crippen molar-refractivity contribution >= 4 is 0 Å². The van der Waals surface area contributed by atoms with Gasteiger partial charge in [0.25, 0.3) is 0 Å². The Morgan fingerprint density at radius 3 is 2.75 bits per heavy atom. The highest BCUT2D eigenvalue weighted by Gasteiger charge is 2.26. The number of aliphatic hydroxyl groups excluding tert-OH is 1. The molecule has 3 atom stereocenters. The number of aliphatic hydroxyl groups is 1. The zero-order chi connectivity index (χ0) is 11.4. The molecule has 1 saturated heterocycles. The molecule has 94 valence electrons. The Morgan fingerprint density at radius 2 is 2.00 bits per heavy atom. The van der Waals surface area contributed by atoms with Gasteiger partial charge in [0.15, 0.2) is 0 Å². The third-order valence-corrected chi connectivity index (χ3v) is 4.25. The molecule has 0 radical (unpaired) electrons. The zero-order valence-electron chi connectivity index (χ0n) is 10.5. The maximum absolute atomic E-state index is 9.89. The van der Waals surface area contributed by atoms with Crippen molar-refractivity contribution in [1.82, 2.24) is 10.2 Å². The number of hydrogen-bond donors (Lipinski definition) is 2. The molecule has 0 bridgehead atoms. The molecule has 0 spiro atoms. The third kappa shape index (κ3) is 2.96. The van der Waals surface area contributed by atoms with E-state index >= 15 is 0 Å². The smallest absolute Gasteiger partial charge is 0.0693 e. The van der Waals surface area contributed by atoms with Gasteiger partial charge in [-0.25, -0.2) is 0 Å². The fraction of sp³-hybridized carbons (Fsp3) is 1.00. The van der Waals surface area contributed by atoms with Gasteiger partial charge in [-0.3, -0.25) is 4.90 Å². The Hall–Kier alpha value is -0.120. The normalized spacial score (nSPS) is 36.8. The van der Waals surface area contributed by atoms with Gasteiger partial charge in [-0.2, -0.15) is 0 Å². The Morgan fingerprint density at radius 1 is 1.19 bits per heavy atom. The first-order valence-electron chi connectivity index (χ1n) is 6.96. The molecule has 0 aromatic carbocycles. The largest absolute Gasteiger partial charge is 0.392 e. The monoisotopic (exact) mass is 226 g/mol. The van der Waals surface area contributed by atoms with Gasteiger partial charge in [0.2, 0.25) is 0 Å². The van der Waals surface area contributed by atoms with Crippen molar-refractivity contribution in [1.29, 1.82) is 0 Å². The topological polar surface area (TPSA) is 35.5 Å². The van der Waals surface area contributed by atoms with Crippen molar-refractivity contribution < 1.29 is 5.11 Å². The molecule has 2 N–H and O–H groups in total. The summed E-state index contributed by atoms with van der Waals surface area (Å²) in [7, 11) is 0. The van der Waals surface area contributed by atoms with Gasteiger partial charge in [0.05, 0.1) is 6.10 Å². The van der Waals surface area contributed by atoms with Crippen molar-refractivity contribution in [2.45, 2.75) is 63.6 Å². The summed E-state index contributed by atoms with van der Waals surface area (Å²) in [5, 5.41) is 13.5. The fourth-order valence-electron chi connectivity index (χ4n) is 3.18. The molecule has 1 heterocycles. The summed E-state index contributed by atoms with van der Waals surface area (Å²) in [5.41, 5.74) is 0. The van der Waals surface area contributed by atoms with E-state index in [0.29, 0.717) is 12.1 Å². The molecule has 1 aliphatic heterocycles. The van der Waals surface area contributed by atoms with Crippen LogP contribution < -0.4 is 5.32 Å². The SMILES string of the molecule is CCN1CCCC1CN[C@H]1CCCC[C@@H]1O. The van der Waals surface area contributed by atoms with Gasteiger partial charge in [-0.1, -0.05) is 19.8 Å². The average Bonchev–Trinajstić information content (AvgIpc) is 2.75. The van der Waals surface area contributed by atoms with Crippen LogP contribution in [0.1, 0.15) is 45.4 Å². The molecule has 0 amide bonds. The summed E-state index contributed by atoms with van der Waals surface area (Å²) in [6, 6.07) is 1.06. The Kier molecular flexibility index (Phi) is 4.62. The van der Waals surface area contributed by atoms with Crippen LogP contribution in [-0.4, -0.2) is 47.8 Å². The van der Waals surface area contributed by atoms with Crippen LogP contribution >= 0.6 is 0 Å². The third-order valence-electron chi connectivity index (χ3n) is 4.25. The minimum absolute atomic E-state index is 0.106. The molecule has 0 aromatic rings. The standard InChI is InChI=1S/C13H26N2O/c1-2-15-9-5-6-11(15)10-14-12-7-3-4-8-13(12)16/h11-14,16H,2-10H2,1H3/t11?,12-,13-/m0/s1. The van der Waals surface area contributed by atoms with Crippen LogP contribution in [0, 0.1) is 0 Å². The second-order valence-corrected chi connectivity index (χ2v) is 5.29. The second-order valence-electron chi connectivity index (χ2n) is 5.29. The van der Waals surface area contributed by atoms with E-state index in [1.165, 1.54) is 38.8 Å². The maximum atomic E-state index is 9.89. The summed E-state index contributed by atoms with van der Waals surface area (Å²) in [4.78, 5) is 2.56. The molecule has 1 saturated carbocycles. The van der Waals surface area contributed by atoms with E-state index in [9.17, 15) is 5.11 Å². The van der Waals surface area contributed by atoms with E-state index in [2.05, 4.69) is 17.1 Å². The van der Waals surface area contributed by atoms with Crippen molar-refractivity contribution in [3.63, 3.8) is 0 Å². The molecule has 2 rings (SSSR count). The number of likely N-dealkylation sites (tertiary alicyclic amines) is 1. The first-order chi connectivity index (χ1) is 7.81. The van der Waals surface area contributed by atoms with Crippen molar-refractivity contribution in [3.8, 4) is 0 Å². The van der Waals surface area contributed by atoms with Crippen LogP contribution in [0.15, 0.2) is 0 Å². The van der Waals surface area contributed by atoms with E-state index in [1.807, 2.05) is 0 Å². The first-order valence-corrected chi connectivity index (χ1v) is 6.96. The molecule has 2 aliphatic rings. The Balaban J connectivity index is 1.73. The summed E-state index contributed by atoms with van der Waals surface area (Å²) < 4.78 is 0. The fourth-order valence-corrected chi connectivity index (χ4v) is 3.18. The lowest BCUT2D eigenvalue weighted by Gasteiger charge is -2.31. The van der Waals surface area contributed by atoms with Crippen LogP contribution in [-0.2, 0) is 0 Å². The molecule has 1 aliphatic carbocycles. The van der Waals surface area contributed by atoms with Crippen molar-refractivity contribution in [2.24, 2.45) is 0 Å². The molecule has 0 aromatic heterocycles. The lowest BCUT2D eigenvalue weighted by molar-refractivity contribution is 0.0869. The lowest BCUT2D eigenvalue weighted by Crippen LogP contribution is -2.47. The Bertz CT molecular complexity index is 208. The molecular formula is C13H26N2O. The van der Waals surface area contributed by atoms with Crippen molar-refractivity contribution in [2.75, 3.05) is 19.6 Å². The summed E-state index contributed by atoms with van der Waals surface area (Å²) in [5.74, 6) is 0. The number of hydrogen-bond acceptors (Lipinski definition) is 3. The number of nitrogens with one attached hydrogen (secondary N) is 1. The van der Waals surface area contributed by atoms with Crippen LogP contribution in [0.4, 0.5) is 0 Å². The van der Waals surface area contributed by atoms with Crippen LogP contribution in [0.3, 0.4) is 0 Å². The molecule has 2 fully saturated rings. The highest BCUT2D eigenvalue weighted by Crippen LogP contribution is 2.20. The second kappa shape index (κ2) is 5.99. The highest BCUT2D eigenvalue weighted by atomic mass is 16.3. The zero-order valence-corrected chi connectivity index (χ0v) is 10.5. The van der Waals surface area contributed by atoms with E-state index in [-0.39, 0.29) is 6.10 Å². The van der Waals surface area contributed by atoms with Gasteiger partial charge < -0.3 is 10.4 Å². The number of nitrogens with zero attached hydrogens (tertiary/aromatic N) is 1. The van der Waals surface area contributed by atoms with E-state index in [0.717, 1.165) is 19.4 Å². The Labute approximate surface area is 99.2 Å². The predicted octanol–water partition coefficient (Wildman–Crippen LogP) is 1.36. The van der Waals surface area contributed by atoms with Gasteiger partial charge in [0, 0.05) is 18.6 Å². The molecule has 16 heavy (non-hydrogen) atoms. The van der Waals surface area contributed by atoms with Crippen LogP contribution in [0.5, 0.6) is 0 Å². The van der Waals surface area contributed by atoms with Crippen LogP contribution in [0.25, 0.3) is 0 Å². The van der Waals surface area contributed by atoms with Gasteiger partial charge in [-0.05, 0) is 38.8 Å².